The van der Waals surface area contributed by atoms with Crippen molar-refractivity contribution in [1.29, 1.82) is 0 Å². The van der Waals surface area contributed by atoms with E-state index in [1.807, 2.05) is 0 Å². The minimum absolute atomic E-state index is 0.432. The molecule has 0 aromatic heterocycles. The molecule has 0 saturated carbocycles. The van der Waals surface area contributed by atoms with Crippen LogP contribution in [-0.4, -0.2) is 24.3 Å². The second-order valence-electron chi connectivity index (χ2n) is 5.14. The quantitative estimate of drug-likeness (QED) is 0.816. The number of rotatable bonds is 6. The maximum atomic E-state index is 13.0. The molecule has 0 amide bonds. The van der Waals surface area contributed by atoms with Gasteiger partial charge in [0.2, 0.25) is 0 Å². The van der Waals surface area contributed by atoms with Crippen LogP contribution in [0.4, 0.5) is 13.2 Å². The number of halogens is 3. The number of carbonyl (C=O) groups is 1. The van der Waals surface area contributed by atoms with Gasteiger partial charge in [-0.2, -0.15) is 13.2 Å². The van der Waals surface area contributed by atoms with Gasteiger partial charge in [0.15, 0.2) is 0 Å². The van der Waals surface area contributed by atoms with Crippen molar-refractivity contribution in [3.05, 3.63) is 35.9 Å². The first-order valence-corrected chi connectivity index (χ1v) is 6.77. The second kappa shape index (κ2) is 7.45. The van der Waals surface area contributed by atoms with E-state index in [1.165, 1.54) is 0 Å². The van der Waals surface area contributed by atoms with Gasteiger partial charge in [0, 0.05) is 6.04 Å². The highest BCUT2D eigenvalue weighted by atomic mass is 19.4. The Morgan fingerprint density at radius 3 is 2.24 bits per heavy atom. The lowest BCUT2D eigenvalue weighted by Crippen LogP contribution is -2.45. The predicted molar refractivity (Wildman–Crippen MR) is 73.7 cm³/mol. The number of esters is 1. The summed E-state index contributed by atoms with van der Waals surface area (Å²) in [6.45, 7) is 4.82. The minimum Gasteiger partial charge on any atom is -0.463 e. The highest BCUT2D eigenvalue weighted by molar-refractivity contribution is 5.70. The zero-order chi connectivity index (χ0) is 16.0. The van der Waals surface area contributed by atoms with Gasteiger partial charge in [0.25, 0.3) is 0 Å². The second-order valence-corrected chi connectivity index (χ2v) is 5.14. The van der Waals surface area contributed by atoms with Crippen molar-refractivity contribution in [3.63, 3.8) is 0 Å². The fourth-order valence-electron chi connectivity index (χ4n) is 1.89. The van der Waals surface area contributed by atoms with Crippen molar-refractivity contribution in [3.8, 4) is 0 Å². The Morgan fingerprint density at radius 1 is 1.19 bits per heavy atom. The van der Waals surface area contributed by atoms with E-state index in [9.17, 15) is 18.0 Å². The van der Waals surface area contributed by atoms with E-state index in [-0.39, 0.29) is 0 Å². The molecule has 0 aliphatic carbocycles. The summed E-state index contributed by atoms with van der Waals surface area (Å²) in [5, 5.41) is 2.45. The summed E-state index contributed by atoms with van der Waals surface area (Å²) in [6, 6.07) is 6.31. The third-order valence-electron chi connectivity index (χ3n) is 2.88. The third kappa shape index (κ3) is 6.16. The molecule has 0 fully saturated rings. The molecule has 0 unspecified atom stereocenters. The van der Waals surface area contributed by atoms with Gasteiger partial charge in [-0.05, 0) is 26.3 Å². The molecule has 1 rings (SSSR count). The van der Waals surface area contributed by atoms with Gasteiger partial charge >= 0.3 is 12.1 Å². The number of alkyl halides is 3. The Labute approximate surface area is 122 Å². The smallest absolute Gasteiger partial charge is 0.404 e. The average molecular weight is 303 g/mol. The lowest BCUT2D eigenvalue weighted by molar-refractivity contribution is -0.172. The first kappa shape index (κ1) is 17.5. The number of hydrogen-bond acceptors (Lipinski definition) is 3. The SMILES string of the molecule is CC(C)OC(=O)C[C@H](N[C@@H](C)c1ccccc1)C(F)(F)F. The van der Waals surface area contributed by atoms with E-state index < -0.39 is 36.8 Å². The van der Waals surface area contributed by atoms with Crippen molar-refractivity contribution >= 4 is 5.97 Å². The molecule has 1 N–H and O–H groups in total. The molecule has 0 radical (unpaired) electrons. The van der Waals surface area contributed by atoms with Gasteiger partial charge < -0.3 is 4.74 Å². The molecule has 0 spiro atoms. The number of carbonyl (C=O) groups excluding carboxylic acids is 1. The van der Waals surface area contributed by atoms with Crippen molar-refractivity contribution < 1.29 is 22.7 Å². The number of hydrogen-bond donors (Lipinski definition) is 1. The summed E-state index contributed by atoms with van der Waals surface area (Å²) in [6.07, 6.45) is -5.68. The van der Waals surface area contributed by atoms with Crippen LogP contribution >= 0.6 is 0 Å². The Bertz CT molecular complexity index is 446. The van der Waals surface area contributed by atoms with Gasteiger partial charge in [0.1, 0.15) is 6.04 Å². The van der Waals surface area contributed by atoms with E-state index in [4.69, 9.17) is 4.74 Å². The van der Waals surface area contributed by atoms with Gasteiger partial charge in [0.05, 0.1) is 12.5 Å². The lowest BCUT2D eigenvalue weighted by atomic mass is 10.1. The summed E-state index contributed by atoms with van der Waals surface area (Å²) >= 11 is 0. The largest absolute Gasteiger partial charge is 0.463 e. The van der Waals surface area contributed by atoms with Crippen LogP contribution in [-0.2, 0) is 9.53 Å². The van der Waals surface area contributed by atoms with Crippen LogP contribution in [0.3, 0.4) is 0 Å². The van der Waals surface area contributed by atoms with E-state index in [1.54, 1.807) is 51.1 Å². The van der Waals surface area contributed by atoms with Crippen molar-refractivity contribution in [1.82, 2.24) is 5.32 Å². The molecule has 0 heterocycles. The standard InChI is InChI=1S/C15H20F3NO2/c1-10(2)21-14(20)9-13(15(16,17)18)19-11(3)12-7-5-4-6-8-12/h4-8,10-11,13,19H,9H2,1-3H3/t11-,13-/m0/s1. The third-order valence-corrected chi connectivity index (χ3v) is 2.88. The van der Waals surface area contributed by atoms with Crippen LogP contribution in [0.25, 0.3) is 0 Å². The van der Waals surface area contributed by atoms with Gasteiger partial charge in [-0.3, -0.25) is 10.1 Å². The molecule has 21 heavy (non-hydrogen) atoms. The molecular formula is C15H20F3NO2. The average Bonchev–Trinajstić information content (AvgIpc) is 2.36. The normalized spacial score (nSPS) is 14.8. The van der Waals surface area contributed by atoms with Crippen LogP contribution in [0.15, 0.2) is 30.3 Å². The Hall–Kier alpha value is -1.56. The van der Waals surface area contributed by atoms with Crippen molar-refractivity contribution in [2.75, 3.05) is 0 Å². The molecule has 0 saturated heterocycles. The zero-order valence-electron chi connectivity index (χ0n) is 12.3. The molecule has 1 aromatic rings. The number of ether oxygens (including phenoxy) is 1. The zero-order valence-corrected chi connectivity index (χ0v) is 12.3. The van der Waals surface area contributed by atoms with Crippen LogP contribution in [0.5, 0.6) is 0 Å². The Kier molecular flexibility index (Phi) is 6.20. The monoisotopic (exact) mass is 303 g/mol. The molecule has 1 aromatic carbocycles. The van der Waals surface area contributed by atoms with Crippen molar-refractivity contribution in [2.45, 2.75) is 51.6 Å². The van der Waals surface area contributed by atoms with Crippen LogP contribution < -0.4 is 5.32 Å². The maximum Gasteiger partial charge on any atom is 0.404 e. The van der Waals surface area contributed by atoms with Crippen LogP contribution in [0.1, 0.15) is 38.8 Å². The first-order chi connectivity index (χ1) is 9.70. The van der Waals surface area contributed by atoms with Gasteiger partial charge in [-0.25, -0.2) is 0 Å². The number of benzene rings is 1. The predicted octanol–water partition coefficient (Wildman–Crippen LogP) is 3.61. The topological polar surface area (TPSA) is 38.3 Å². The minimum atomic E-state index is -4.51. The fraction of sp³-hybridized carbons (Fsp3) is 0.533. The molecule has 3 nitrogen and oxygen atoms in total. The van der Waals surface area contributed by atoms with Crippen molar-refractivity contribution in [2.24, 2.45) is 0 Å². The highest BCUT2D eigenvalue weighted by Gasteiger charge is 2.42. The van der Waals surface area contributed by atoms with E-state index >= 15 is 0 Å². The van der Waals surface area contributed by atoms with Gasteiger partial charge in [-0.1, -0.05) is 30.3 Å². The van der Waals surface area contributed by atoms with E-state index in [0.29, 0.717) is 0 Å². The summed E-state index contributed by atoms with van der Waals surface area (Å²) < 4.78 is 43.9. The van der Waals surface area contributed by atoms with E-state index in [0.717, 1.165) is 5.56 Å². The Balaban J connectivity index is 2.73. The summed E-state index contributed by atoms with van der Waals surface area (Å²) in [7, 11) is 0. The molecular weight excluding hydrogens is 283 g/mol. The lowest BCUT2D eigenvalue weighted by Gasteiger charge is -2.25. The van der Waals surface area contributed by atoms with Crippen LogP contribution in [0.2, 0.25) is 0 Å². The molecule has 0 aliphatic rings. The number of nitrogens with one attached hydrogen (secondary N) is 1. The van der Waals surface area contributed by atoms with E-state index in [2.05, 4.69) is 5.32 Å². The van der Waals surface area contributed by atoms with Gasteiger partial charge in [-0.15, -0.1) is 0 Å². The summed E-state index contributed by atoms with van der Waals surface area (Å²) in [5.74, 6) is -0.861. The molecule has 0 aliphatic heterocycles. The highest BCUT2D eigenvalue weighted by Crippen LogP contribution is 2.26. The van der Waals surface area contributed by atoms with Crippen LogP contribution in [0, 0.1) is 0 Å². The fourth-order valence-corrected chi connectivity index (χ4v) is 1.89. The Morgan fingerprint density at radius 2 is 1.76 bits per heavy atom. The molecule has 118 valence electrons. The molecule has 0 bridgehead atoms. The molecule has 6 heteroatoms. The summed E-state index contributed by atoms with van der Waals surface area (Å²) in [5.41, 5.74) is 0.726. The maximum absolute atomic E-state index is 13.0. The first-order valence-electron chi connectivity index (χ1n) is 6.77. The summed E-state index contributed by atoms with van der Waals surface area (Å²) in [4.78, 5) is 11.5. The molecule has 2 atom stereocenters.